The summed E-state index contributed by atoms with van der Waals surface area (Å²) in [6.45, 7) is 2.44. The number of benzene rings is 1. The molecule has 3 amide bonds. The number of nitrogens with zero attached hydrogens (tertiary/aromatic N) is 2. The first kappa shape index (κ1) is 20.1. The molecule has 8 heteroatoms. The summed E-state index contributed by atoms with van der Waals surface area (Å²) in [6.07, 6.45) is 4.78. The van der Waals surface area contributed by atoms with E-state index in [0.29, 0.717) is 45.0 Å². The number of carbonyl (C=O) groups excluding carboxylic acids is 2. The largest absolute Gasteiger partial charge is 0.347 e. The van der Waals surface area contributed by atoms with Crippen molar-refractivity contribution in [3.05, 3.63) is 30.1 Å². The molecule has 4 rings (SSSR count). The summed E-state index contributed by atoms with van der Waals surface area (Å²) in [5, 5.41) is 2.74. The van der Waals surface area contributed by atoms with E-state index in [4.69, 9.17) is 9.47 Å². The molecular weight excluding hydrogens is 377 g/mol. The predicted octanol–water partition coefficient (Wildman–Crippen LogP) is 2.83. The van der Waals surface area contributed by atoms with Crippen molar-refractivity contribution < 1.29 is 23.5 Å². The molecular formula is C21H28FN3O4. The molecule has 158 valence electrons. The minimum Gasteiger partial charge on any atom is -0.347 e. The number of ether oxygens (including phenoxy) is 2. The Hall–Kier alpha value is -2.19. The van der Waals surface area contributed by atoms with E-state index >= 15 is 0 Å². The summed E-state index contributed by atoms with van der Waals surface area (Å²) in [6, 6.07) is 5.47. The quantitative estimate of drug-likeness (QED) is 0.821. The second kappa shape index (κ2) is 8.67. The smallest absolute Gasteiger partial charge is 0.322 e. The van der Waals surface area contributed by atoms with Gasteiger partial charge in [-0.2, -0.15) is 0 Å². The summed E-state index contributed by atoms with van der Waals surface area (Å²) in [4.78, 5) is 29.1. The molecule has 29 heavy (non-hydrogen) atoms. The zero-order chi connectivity index (χ0) is 20.3. The highest BCUT2D eigenvalue weighted by Crippen LogP contribution is 2.30. The molecule has 1 aromatic rings. The first-order chi connectivity index (χ1) is 14.0. The highest BCUT2D eigenvalue weighted by molar-refractivity contribution is 5.89. The van der Waals surface area contributed by atoms with Crippen molar-refractivity contribution in [1.29, 1.82) is 0 Å². The lowest BCUT2D eigenvalue weighted by atomic mass is 10.1. The number of rotatable bonds is 2. The van der Waals surface area contributed by atoms with Crippen LogP contribution < -0.4 is 5.32 Å². The molecule has 2 aliphatic heterocycles. The van der Waals surface area contributed by atoms with Crippen LogP contribution in [0.2, 0.25) is 0 Å². The second-order valence-corrected chi connectivity index (χ2v) is 8.06. The number of carbonyl (C=O) groups is 2. The van der Waals surface area contributed by atoms with Crippen LogP contribution in [0.3, 0.4) is 0 Å². The summed E-state index contributed by atoms with van der Waals surface area (Å²) in [5.41, 5.74) is 0.400. The molecule has 1 atom stereocenters. The van der Waals surface area contributed by atoms with Crippen molar-refractivity contribution in [2.45, 2.75) is 37.9 Å². The van der Waals surface area contributed by atoms with Crippen LogP contribution in [0, 0.1) is 11.7 Å². The fourth-order valence-electron chi connectivity index (χ4n) is 4.43. The Morgan fingerprint density at radius 2 is 1.79 bits per heavy atom. The molecule has 1 spiro atoms. The van der Waals surface area contributed by atoms with Gasteiger partial charge in [0.2, 0.25) is 11.7 Å². The maximum atomic E-state index is 13.4. The Labute approximate surface area is 170 Å². The number of morpholine rings is 1. The van der Waals surface area contributed by atoms with Gasteiger partial charge in [-0.25, -0.2) is 9.18 Å². The van der Waals surface area contributed by atoms with Crippen molar-refractivity contribution in [2.24, 2.45) is 5.92 Å². The molecule has 1 N–H and O–H groups in total. The zero-order valence-electron chi connectivity index (χ0n) is 16.6. The third-order valence-electron chi connectivity index (χ3n) is 5.91. The maximum absolute atomic E-state index is 13.4. The fraction of sp³-hybridized carbons (Fsp3) is 0.619. The van der Waals surface area contributed by atoms with Gasteiger partial charge in [0.15, 0.2) is 0 Å². The van der Waals surface area contributed by atoms with E-state index in [1.54, 1.807) is 17.0 Å². The standard InChI is InChI=1S/C21H28FN3O4/c22-17-7-3-8-18(13-17)23-20(27)25-9-4-11-28-21(15-25)14-24(10-12-29-21)19(26)16-5-1-2-6-16/h3,7-8,13,16H,1-2,4-6,9-12,14-15H2,(H,23,27). The van der Waals surface area contributed by atoms with Crippen molar-refractivity contribution in [2.75, 3.05) is 44.7 Å². The topological polar surface area (TPSA) is 71.1 Å². The summed E-state index contributed by atoms with van der Waals surface area (Å²) < 4.78 is 25.4. The van der Waals surface area contributed by atoms with E-state index in [0.717, 1.165) is 25.7 Å². The van der Waals surface area contributed by atoms with E-state index in [1.165, 1.54) is 12.1 Å². The number of nitrogens with one attached hydrogen (secondary N) is 1. The van der Waals surface area contributed by atoms with Gasteiger partial charge in [-0.15, -0.1) is 0 Å². The van der Waals surface area contributed by atoms with E-state index in [1.807, 2.05) is 4.90 Å². The van der Waals surface area contributed by atoms with Crippen LogP contribution >= 0.6 is 0 Å². The Morgan fingerprint density at radius 3 is 2.59 bits per heavy atom. The first-order valence-electron chi connectivity index (χ1n) is 10.4. The second-order valence-electron chi connectivity index (χ2n) is 8.06. The van der Waals surface area contributed by atoms with Crippen LogP contribution in [0.1, 0.15) is 32.1 Å². The van der Waals surface area contributed by atoms with E-state index in [2.05, 4.69) is 5.32 Å². The molecule has 0 radical (unpaired) electrons. The van der Waals surface area contributed by atoms with Gasteiger partial charge in [-0.05, 0) is 37.5 Å². The fourth-order valence-corrected chi connectivity index (χ4v) is 4.43. The number of urea groups is 1. The molecule has 3 fully saturated rings. The lowest BCUT2D eigenvalue weighted by Crippen LogP contribution is -2.60. The van der Waals surface area contributed by atoms with Gasteiger partial charge in [0.1, 0.15) is 5.82 Å². The van der Waals surface area contributed by atoms with Crippen LogP contribution in [0.5, 0.6) is 0 Å². The van der Waals surface area contributed by atoms with Gasteiger partial charge < -0.3 is 24.6 Å². The van der Waals surface area contributed by atoms with Crippen LogP contribution in [0.4, 0.5) is 14.9 Å². The predicted molar refractivity (Wildman–Crippen MR) is 105 cm³/mol. The number of hydrogen-bond donors (Lipinski definition) is 1. The van der Waals surface area contributed by atoms with Gasteiger partial charge in [0.05, 0.1) is 26.3 Å². The molecule has 2 saturated heterocycles. The third kappa shape index (κ3) is 4.70. The highest BCUT2D eigenvalue weighted by Gasteiger charge is 2.44. The van der Waals surface area contributed by atoms with Gasteiger partial charge in [-0.1, -0.05) is 18.9 Å². The molecule has 1 aliphatic carbocycles. The number of halogens is 1. The summed E-state index contributed by atoms with van der Waals surface area (Å²) in [5.74, 6) is -1.14. The average molecular weight is 405 g/mol. The normalized spacial score (nSPS) is 25.8. The SMILES string of the molecule is O=C(Nc1cccc(F)c1)N1CCCOC2(C1)CN(C(=O)C1CCCC1)CCO2. The van der Waals surface area contributed by atoms with Crippen molar-refractivity contribution >= 4 is 17.6 Å². The number of anilines is 1. The Kier molecular flexibility index (Phi) is 6.01. The third-order valence-corrected chi connectivity index (χ3v) is 5.91. The van der Waals surface area contributed by atoms with Crippen molar-refractivity contribution in [3.8, 4) is 0 Å². The van der Waals surface area contributed by atoms with Crippen molar-refractivity contribution in [1.82, 2.24) is 9.80 Å². The van der Waals surface area contributed by atoms with E-state index in [9.17, 15) is 14.0 Å². The average Bonchev–Trinajstić information content (AvgIpc) is 3.17. The molecule has 2 heterocycles. The number of amides is 3. The molecule has 3 aliphatic rings. The minimum absolute atomic E-state index is 0.100. The molecule has 7 nitrogen and oxygen atoms in total. The van der Waals surface area contributed by atoms with Crippen LogP contribution in [-0.4, -0.2) is 66.9 Å². The molecule has 1 unspecified atom stereocenters. The number of hydrogen-bond acceptors (Lipinski definition) is 4. The molecule has 0 aromatic heterocycles. The summed E-state index contributed by atoms with van der Waals surface area (Å²) >= 11 is 0. The van der Waals surface area contributed by atoms with Crippen molar-refractivity contribution in [3.63, 3.8) is 0 Å². The molecule has 1 saturated carbocycles. The van der Waals surface area contributed by atoms with Gasteiger partial charge in [-0.3, -0.25) is 4.79 Å². The minimum atomic E-state index is -1.01. The van der Waals surface area contributed by atoms with E-state index in [-0.39, 0.29) is 24.4 Å². The monoisotopic (exact) mass is 405 g/mol. The van der Waals surface area contributed by atoms with E-state index < -0.39 is 11.6 Å². The Balaban J connectivity index is 1.43. The highest BCUT2D eigenvalue weighted by atomic mass is 19.1. The Morgan fingerprint density at radius 1 is 1.03 bits per heavy atom. The van der Waals surface area contributed by atoms with Crippen LogP contribution in [-0.2, 0) is 14.3 Å². The lowest BCUT2D eigenvalue weighted by Gasteiger charge is -2.43. The summed E-state index contributed by atoms with van der Waals surface area (Å²) in [7, 11) is 0. The molecule has 1 aromatic carbocycles. The molecule has 0 bridgehead atoms. The van der Waals surface area contributed by atoms with Gasteiger partial charge >= 0.3 is 6.03 Å². The zero-order valence-corrected chi connectivity index (χ0v) is 16.6. The first-order valence-corrected chi connectivity index (χ1v) is 10.4. The van der Waals surface area contributed by atoms with Crippen LogP contribution in [0.25, 0.3) is 0 Å². The van der Waals surface area contributed by atoms with Crippen LogP contribution in [0.15, 0.2) is 24.3 Å². The van der Waals surface area contributed by atoms with Gasteiger partial charge in [0.25, 0.3) is 0 Å². The maximum Gasteiger partial charge on any atom is 0.322 e. The lowest BCUT2D eigenvalue weighted by molar-refractivity contribution is -0.262. The van der Waals surface area contributed by atoms with Gasteiger partial charge in [0, 0.05) is 24.7 Å². The Bertz CT molecular complexity index is 755.